The van der Waals surface area contributed by atoms with Crippen LogP contribution < -0.4 is 33.2 Å². The Kier molecular flexibility index (Phi) is 58.3. The number of hydrogen-bond acceptors (Lipinski definition) is 14. The SMILES string of the molecule is CCCOc1cccc(CCC(O)C(C)C)c1.CCCOc1cccc(CCC(O)CCC)c1.CCCOc1cccc(CCC2(O)CCC2)c1.CCCOc1cccc(CCC2(O)CCCCCCC2)c1.CCCOc1cccc(CCC2CCCCC2O)c1.CCCOc1cccc(CCCCOC)c1.CC[C@H](C)Oc1cccc(CCC2(O)CCCCC2)c1. The summed E-state index contributed by atoms with van der Waals surface area (Å²) in [6.07, 6.45) is 45.0. The normalized spacial score (nSPS) is 16.7. The van der Waals surface area contributed by atoms with Crippen LogP contribution in [0.1, 0.15) is 346 Å². The molecule has 0 saturated heterocycles. The van der Waals surface area contributed by atoms with Crippen LogP contribution >= 0.6 is 0 Å². The lowest BCUT2D eigenvalue weighted by atomic mass is 9.76. The molecule has 4 saturated carbocycles. The fraction of sp³-hybridized carbons (Fsp3) is 0.628. The van der Waals surface area contributed by atoms with Gasteiger partial charge in [0, 0.05) is 13.7 Å². The van der Waals surface area contributed by atoms with Crippen LogP contribution in [0.2, 0.25) is 0 Å². The molecular weight excluding hydrogens is 1580 g/mol. The maximum atomic E-state index is 10.8. The lowest BCUT2D eigenvalue weighted by Gasteiger charge is -2.36. The Balaban J connectivity index is 0.000000263. The lowest BCUT2D eigenvalue weighted by molar-refractivity contribution is -0.0398. The maximum absolute atomic E-state index is 10.8. The molecule has 0 heterocycles. The zero-order valence-electron chi connectivity index (χ0n) is 81.4. The molecule has 127 heavy (non-hydrogen) atoms. The van der Waals surface area contributed by atoms with Crippen molar-refractivity contribution in [3.8, 4) is 40.2 Å². The fourth-order valence-corrected chi connectivity index (χ4v) is 16.3. The van der Waals surface area contributed by atoms with Crippen molar-refractivity contribution in [1.29, 1.82) is 0 Å². The summed E-state index contributed by atoms with van der Waals surface area (Å²) in [6.45, 7) is 28.6. The summed E-state index contributed by atoms with van der Waals surface area (Å²) in [6, 6.07) is 58.0. The molecule has 0 aromatic heterocycles. The molecule has 4 aliphatic rings. The summed E-state index contributed by atoms with van der Waals surface area (Å²) in [5.74, 6) is 7.52. The number of aliphatic hydroxyl groups excluding tert-OH is 3. The molecule has 14 nitrogen and oxygen atoms in total. The van der Waals surface area contributed by atoms with Crippen molar-refractivity contribution in [3.05, 3.63) is 209 Å². The van der Waals surface area contributed by atoms with Gasteiger partial charge in [0.2, 0.25) is 0 Å². The van der Waals surface area contributed by atoms with Crippen LogP contribution in [0.15, 0.2) is 170 Å². The number of ether oxygens (including phenoxy) is 8. The van der Waals surface area contributed by atoms with Gasteiger partial charge in [-0.15, -0.1) is 0 Å². The van der Waals surface area contributed by atoms with Crippen LogP contribution in [0.25, 0.3) is 0 Å². The van der Waals surface area contributed by atoms with Gasteiger partial charge in [-0.05, 0) is 348 Å². The molecule has 0 amide bonds. The average Bonchev–Trinajstić information content (AvgIpc) is 0.842. The molecule has 14 heteroatoms. The second-order valence-electron chi connectivity index (χ2n) is 36.7. The third-order valence-corrected chi connectivity index (χ3v) is 24.7. The van der Waals surface area contributed by atoms with Crippen LogP contribution in [-0.4, -0.2) is 125 Å². The smallest absolute Gasteiger partial charge is 0.119 e. The number of hydrogen-bond donors (Lipinski definition) is 6. The number of rotatable bonds is 47. The van der Waals surface area contributed by atoms with E-state index in [1.807, 2.05) is 74.5 Å². The van der Waals surface area contributed by atoms with Crippen molar-refractivity contribution in [1.82, 2.24) is 0 Å². The van der Waals surface area contributed by atoms with E-state index in [4.69, 9.17) is 37.9 Å². The molecular formula is C113H176O14. The van der Waals surface area contributed by atoms with E-state index < -0.39 is 11.2 Å². The van der Waals surface area contributed by atoms with Gasteiger partial charge in [-0.25, -0.2) is 0 Å². The van der Waals surface area contributed by atoms with E-state index in [9.17, 15) is 30.6 Å². The van der Waals surface area contributed by atoms with Crippen molar-refractivity contribution < 1.29 is 68.5 Å². The Bertz CT molecular complexity index is 3840. The van der Waals surface area contributed by atoms with Crippen LogP contribution in [0.3, 0.4) is 0 Å². The van der Waals surface area contributed by atoms with Gasteiger partial charge in [-0.1, -0.05) is 225 Å². The van der Waals surface area contributed by atoms with Gasteiger partial charge < -0.3 is 68.5 Å². The monoisotopic (exact) mass is 1760 g/mol. The van der Waals surface area contributed by atoms with E-state index in [0.29, 0.717) is 11.8 Å². The highest BCUT2D eigenvalue weighted by Gasteiger charge is 2.34. The first-order chi connectivity index (χ1) is 61.6. The Morgan fingerprint density at radius 1 is 0.331 bits per heavy atom. The molecule has 11 rings (SSSR count). The molecule has 4 unspecified atom stereocenters. The molecule has 7 aromatic carbocycles. The third kappa shape index (κ3) is 50.2. The van der Waals surface area contributed by atoms with Crippen molar-refractivity contribution in [3.63, 3.8) is 0 Å². The molecule has 0 spiro atoms. The number of benzene rings is 7. The van der Waals surface area contributed by atoms with Crippen LogP contribution in [0.5, 0.6) is 40.2 Å². The van der Waals surface area contributed by atoms with Crippen molar-refractivity contribution in [2.45, 2.75) is 393 Å². The Labute approximate surface area is 771 Å². The highest BCUT2D eigenvalue weighted by molar-refractivity contribution is 5.34. The molecule has 712 valence electrons. The van der Waals surface area contributed by atoms with Gasteiger partial charge in [-0.2, -0.15) is 0 Å². The average molecular weight is 1760 g/mol. The number of unbranched alkanes of at least 4 members (excludes halogenated alkanes) is 1. The van der Waals surface area contributed by atoms with Gasteiger partial charge in [0.1, 0.15) is 40.2 Å². The van der Waals surface area contributed by atoms with Crippen molar-refractivity contribution in [2.75, 3.05) is 53.4 Å². The van der Waals surface area contributed by atoms with Gasteiger partial charge in [0.25, 0.3) is 0 Å². The predicted octanol–water partition coefficient (Wildman–Crippen LogP) is 27.1. The number of methoxy groups -OCH3 is 1. The molecule has 5 atom stereocenters. The van der Waals surface area contributed by atoms with E-state index in [2.05, 4.69) is 172 Å². The van der Waals surface area contributed by atoms with Gasteiger partial charge in [0.15, 0.2) is 0 Å². The van der Waals surface area contributed by atoms with E-state index in [0.717, 1.165) is 279 Å². The lowest BCUT2D eigenvalue weighted by Crippen LogP contribution is -2.36. The first kappa shape index (κ1) is 110. The third-order valence-electron chi connectivity index (χ3n) is 24.7. The second kappa shape index (κ2) is 67.1. The number of aliphatic hydroxyl groups is 6. The van der Waals surface area contributed by atoms with E-state index >= 15 is 0 Å². The standard InChI is InChI=1S/C19H30O2.C18H28O2.C17H26O2.C15H22O2.2C15H24O2.C14H22O2/c1-2-15-21-18-10-8-9-17(16-18)11-14-19(20)12-6-4-3-5-7-13-19;1-3-15(2)20-17-9-7-8-16(14-17)10-13-18(19)11-5-4-6-12-18;1-2-12-19-16-8-5-6-14(13-16)10-11-15-7-3-4-9-17(15)18;1-2-11-17-14-6-3-5-13(12-14)7-10-15(16)8-4-9-15;1-4-10-17-14-7-5-6-13(11-14)8-9-15(16)12(2)3;1-3-6-14(16)10-9-13-7-5-8-15(12-13)17-11-4-2;1-3-10-16-14-9-6-8-13(12-14)7-4-5-11-15-2/h8-10,16,20H,2-7,11-15H2,1H3;7-9,14-15,19H,3-6,10-13H2,1-2H3;5-6,8,13,15,17-18H,2-4,7,9-12H2,1H3;3,5-6,12,16H,2,4,7-11H2,1H3;5-7,11-12,15-16H,4,8-10H2,1-3H3;5,7-8,12,14,16H,3-4,6,9-11H2,1-2H3;6,8-9,12H,3-5,7,10-11H2,1-2H3/t;15-;;;;;/m.0...../s1. The fourth-order valence-electron chi connectivity index (χ4n) is 16.3. The van der Waals surface area contributed by atoms with Crippen LogP contribution in [0, 0.1) is 11.8 Å². The van der Waals surface area contributed by atoms with Gasteiger partial charge >= 0.3 is 0 Å². The molecule has 0 bridgehead atoms. The van der Waals surface area contributed by atoms with E-state index in [-0.39, 0.29) is 30.0 Å². The van der Waals surface area contributed by atoms with E-state index in [1.165, 1.54) is 122 Å². The van der Waals surface area contributed by atoms with Gasteiger partial charge in [-0.3, -0.25) is 0 Å². The highest BCUT2D eigenvalue weighted by Crippen LogP contribution is 2.37. The zero-order chi connectivity index (χ0) is 91.9. The molecule has 4 fully saturated rings. The first-order valence-electron chi connectivity index (χ1n) is 50.4. The molecule has 0 aliphatic heterocycles. The topological polar surface area (TPSA) is 195 Å². The van der Waals surface area contributed by atoms with Crippen LogP contribution in [-0.2, 0) is 49.7 Å². The summed E-state index contributed by atoms with van der Waals surface area (Å²) in [4.78, 5) is 0. The van der Waals surface area contributed by atoms with Gasteiger partial charge in [0.05, 0.1) is 80.9 Å². The minimum atomic E-state index is -0.444. The number of aryl methyl sites for hydroxylation is 7. The van der Waals surface area contributed by atoms with E-state index in [1.54, 1.807) is 7.11 Å². The molecule has 4 aliphatic carbocycles. The quantitative estimate of drug-likeness (QED) is 0.0197. The zero-order valence-corrected chi connectivity index (χ0v) is 81.4. The maximum Gasteiger partial charge on any atom is 0.119 e. The second-order valence-corrected chi connectivity index (χ2v) is 36.7. The van der Waals surface area contributed by atoms with Crippen molar-refractivity contribution in [2.24, 2.45) is 11.8 Å². The summed E-state index contributed by atoms with van der Waals surface area (Å²) in [5.41, 5.74) is 7.72. The minimum absolute atomic E-state index is 0.0757. The van der Waals surface area contributed by atoms with Crippen molar-refractivity contribution >= 4 is 0 Å². The Morgan fingerprint density at radius 2 is 0.646 bits per heavy atom. The minimum Gasteiger partial charge on any atom is -0.494 e. The summed E-state index contributed by atoms with van der Waals surface area (Å²) in [7, 11) is 1.75. The molecule has 0 radical (unpaired) electrons. The summed E-state index contributed by atoms with van der Waals surface area (Å²) >= 11 is 0. The first-order valence-corrected chi connectivity index (χ1v) is 50.4. The predicted molar refractivity (Wildman–Crippen MR) is 529 cm³/mol. The summed E-state index contributed by atoms with van der Waals surface area (Å²) in [5, 5.41) is 60.9. The Hall–Kier alpha value is -7.14. The Morgan fingerprint density at radius 3 is 0.976 bits per heavy atom. The molecule has 7 aromatic rings. The van der Waals surface area contributed by atoms with Crippen LogP contribution in [0.4, 0.5) is 0 Å². The largest absolute Gasteiger partial charge is 0.494 e. The summed E-state index contributed by atoms with van der Waals surface area (Å²) < 4.78 is 44.6. The highest BCUT2D eigenvalue weighted by atomic mass is 16.5. The molecule has 6 N–H and O–H groups in total.